The maximum Gasteiger partial charge on any atom is 0.425 e. The topological polar surface area (TPSA) is 67.4 Å². The molecule has 0 aromatic rings. The molecule has 0 saturated heterocycles. The number of hydrogen-bond donors (Lipinski definition) is 2. The van der Waals surface area contributed by atoms with Crippen LogP contribution < -0.4 is 10.9 Å². The van der Waals surface area contributed by atoms with E-state index in [0.717, 1.165) is 0 Å². The Labute approximate surface area is 52.3 Å². The second-order valence-corrected chi connectivity index (χ2v) is 1.16. The highest BCUT2D eigenvalue weighted by molar-refractivity contribution is 5.82. The highest BCUT2D eigenvalue weighted by Crippen LogP contribution is 1.64. The lowest BCUT2D eigenvalue weighted by atomic mass is 10.8. The largest absolute Gasteiger partial charge is 0.452 e. The van der Waals surface area contributed by atoms with Gasteiger partial charge in [-0.05, 0) is 0 Å². The van der Waals surface area contributed by atoms with Crippen LogP contribution in [-0.4, -0.2) is 19.1 Å². The molecule has 0 bridgehead atoms. The molecule has 0 aromatic heterocycles. The lowest BCUT2D eigenvalue weighted by molar-refractivity contribution is -0.117. The molecule has 0 fully saturated rings. The molecule has 0 spiro atoms. The molecule has 0 atom stereocenters. The Morgan fingerprint density at radius 1 is 1.44 bits per heavy atom. The molecule has 51 valence electrons. The van der Waals surface area contributed by atoms with Crippen molar-refractivity contribution < 1.29 is 14.3 Å². The third-order valence-electron chi connectivity index (χ3n) is 0.489. The highest BCUT2D eigenvalue weighted by Gasteiger charge is 1.95. The van der Waals surface area contributed by atoms with Gasteiger partial charge in [-0.15, -0.1) is 0 Å². The van der Waals surface area contributed by atoms with Crippen molar-refractivity contribution in [3.8, 4) is 0 Å². The van der Waals surface area contributed by atoms with E-state index in [-0.39, 0.29) is 0 Å². The van der Waals surface area contributed by atoms with Gasteiger partial charge in [0.15, 0.2) is 0 Å². The minimum Gasteiger partial charge on any atom is -0.452 e. The summed E-state index contributed by atoms with van der Waals surface area (Å²) in [5.74, 6) is -0.597. The Kier molecular flexibility index (Phi) is 3.19. The number of hydrogen-bond acceptors (Lipinski definition) is 3. The van der Waals surface area contributed by atoms with E-state index in [4.69, 9.17) is 0 Å². The van der Waals surface area contributed by atoms with Gasteiger partial charge in [-0.2, -0.15) is 0 Å². The lowest BCUT2D eigenvalue weighted by Gasteiger charge is -2.00. The molecule has 0 unspecified atom stereocenters. The molecule has 5 heteroatoms. The second kappa shape index (κ2) is 3.71. The summed E-state index contributed by atoms with van der Waals surface area (Å²) in [7, 11) is 1.19. The molecule has 0 saturated carbocycles. The number of carbonyl (C=O) groups is 2. The van der Waals surface area contributed by atoms with E-state index < -0.39 is 12.0 Å². The molecule has 0 aliphatic heterocycles. The zero-order valence-corrected chi connectivity index (χ0v) is 4.93. The van der Waals surface area contributed by atoms with Crippen molar-refractivity contribution in [2.75, 3.05) is 7.11 Å². The molecule has 2 amide bonds. The SMILES string of the molecule is [CH2]C(=O)NNC(=O)OC. The fourth-order valence-electron chi connectivity index (χ4n) is 0.172. The number of rotatable bonds is 0. The zero-order chi connectivity index (χ0) is 7.28. The Balaban J connectivity index is 3.28. The van der Waals surface area contributed by atoms with Crippen molar-refractivity contribution in [2.24, 2.45) is 0 Å². The molecule has 1 radical (unpaired) electrons. The Morgan fingerprint density at radius 3 is 2.33 bits per heavy atom. The van der Waals surface area contributed by atoms with Crippen LogP contribution in [0, 0.1) is 6.92 Å². The van der Waals surface area contributed by atoms with Gasteiger partial charge in [0, 0.05) is 6.92 Å². The van der Waals surface area contributed by atoms with Crippen molar-refractivity contribution >= 4 is 12.0 Å². The van der Waals surface area contributed by atoms with Crippen molar-refractivity contribution in [3.05, 3.63) is 6.92 Å². The molecule has 0 aromatic carbocycles. The van der Waals surface area contributed by atoms with Crippen molar-refractivity contribution in [3.63, 3.8) is 0 Å². The minimum absolute atomic E-state index is 0.597. The van der Waals surface area contributed by atoms with Crippen molar-refractivity contribution in [1.29, 1.82) is 0 Å². The third kappa shape index (κ3) is 4.60. The van der Waals surface area contributed by atoms with Crippen LogP contribution in [0.1, 0.15) is 0 Å². The van der Waals surface area contributed by atoms with Crippen LogP contribution in [0.3, 0.4) is 0 Å². The first kappa shape index (κ1) is 7.74. The van der Waals surface area contributed by atoms with Gasteiger partial charge in [0.1, 0.15) is 0 Å². The Morgan fingerprint density at radius 2 is 2.00 bits per heavy atom. The number of methoxy groups -OCH3 is 1. The summed E-state index contributed by atoms with van der Waals surface area (Å²) in [5, 5.41) is 0. The number of amides is 2. The van der Waals surface area contributed by atoms with Gasteiger partial charge in [-0.1, -0.05) is 0 Å². The van der Waals surface area contributed by atoms with E-state index in [1.165, 1.54) is 7.11 Å². The number of ether oxygens (including phenoxy) is 1. The van der Waals surface area contributed by atoms with Crippen molar-refractivity contribution in [1.82, 2.24) is 10.9 Å². The fraction of sp³-hybridized carbons (Fsp3) is 0.250. The first-order chi connectivity index (χ1) is 4.16. The number of nitrogens with one attached hydrogen (secondary N) is 2. The van der Waals surface area contributed by atoms with E-state index in [1.54, 1.807) is 0 Å². The molecule has 5 nitrogen and oxygen atoms in total. The average molecular weight is 131 g/mol. The van der Waals surface area contributed by atoms with Crippen LogP contribution in [0.2, 0.25) is 0 Å². The Hall–Kier alpha value is -1.26. The monoisotopic (exact) mass is 131 g/mol. The molecule has 0 heterocycles. The lowest BCUT2D eigenvalue weighted by Crippen LogP contribution is -2.40. The zero-order valence-electron chi connectivity index (χ0n) is 4.93. The predicted molar refractivity (Wildman–Crippen MR) is 29.0 cm³/mol. The van der Waals surface area contributed by atoms with Gasteiger partial charge in [0.2, 0.25) is 5.91 Å². The molecule has 2 N–H and O–H groups in total. The summed E-state index contributed by atoms with van der Waals surface area (Å²) >= 11 is 0. The summed E-state index contributed by atoms with van der Waals surface area (Å²) in [6.45, 7) is 2.92. The average Bonchev–Trinajstić information content (AvgIpc) is 1.83. The van der Waals surface area contributed by atoms with Crippen molar-refractivity contribution in [2.45, 2.75) is 0 Å². The predicted octanol–water partition coefficient (Wildman–Crippen LogP) is -0.792. The van der Waals surface area contributed by atoms with Crippen LogP contribution in [0.25, 0.3) is 0 Å². The van der Waals surface area contributed by atoms with E-state index in [0.29, 0.717) is 0 Å². The van der Waals surface area contributed by atoms with Gasteiger partial charge in [0.05, 0.1) is 7.11 Å². The molecule has 0 aliphatic rings. The van der Waals surface area contributed by atoms with Crippen LogP contribution in [0.4, 0.5) is 4.79 Å². The molecular weight excluding hydrogens is 124 g/mol. The summed E-state index contributed by atoms with van der Waals surface area (Å²) in [5.41, 5.74) is 3.83. The molecular formula is C4H7N2O3. The van der Waals surface area contributed by atoms with Crippen LogP contribution in [-0.2, 0) is 9.53 Å². The summed E-state index contributed by atoms with van der Waals surface area (Å²) in [6, 6.07) is 0. The van der Waals surface area contributed by atoms with Gasteiger partial charge < -0.3 is 4.74 Å². The third-order valence-corrected chi connectivity index (χ3v) is 0.489. The van der Waals surface area contributed by atoms with Crippen LogP contribution in [0.5, 0.6) is 0 Å². The van der Waals surface area contributed by atoms with Gasteiger partial charge >= 0.3 is 6.09 Å². The smallest absolute Gasteiger partial charge is 0.425 e. The molecule has 0 aliphatic carbocycles. The van der Waals surface area contributed by atoms with Gasteiger partial charge in [-0.3, -0.25) is 10.2 Å². The Bertz CT molecular complexity index is 123. The first-order valence-corrected chi connectivity index (χ1v) is 2.12. The summed E-state index contributed by atoms with van der Waals surface area (Å²) < 4.78 is 4.11. The quantitative estimate of drug-likeness (QED) is 0.423. The minimum atomic E-state index is -0.730. The standard InChI is InChI=1S/C4H7N2O3/c1-3(7)5-6-4(8)9-2/h1H2,2H3,(H,5,7)(H,6,8). The highest BCUT2D eigenvalue weighted by atomic mass is 16.5. The van der Waals surface area contributed by atoms with E-state index in [2.05, 4.69) is 11.7 Å². The summed E-state index contributed by atoms with van der Waals surface area (Å²) in [4.78, 5) is 20.1. The van der Waals surface area contributed by atoms with Crippen LogP contribution >= 0.6 is 0 Å². The second-order valence-electron chi connectivity index (χ2n) is 1.16. The maximum atomic E-state index is 10.1. The van der Waals surface area contributed by atoms with E-state index in [1.807, 2.05) is 10.9 Å². The van der Waals surface area contributed by atoms with E-state index in [9.17, 15) is 9.59 Å². The maximum absolute atomic E-state index is 10.1. The first-order valence-electron chi connectivity index (χ1n) is 2.12. The summed E-state index contributed by atoms with van der Waals surface area (Å²) in [6.07, 6.45) is -0.730. The molecule has 0 rings (SSSR count). The molecule has 9 heavy (non-hydrogen) atoms. The number of carbonyl (C=O) groups excluding carboxylic acids is 2. The normalized spacial score (nSPS) is 7.78. The van der Waals surface area contributed by atoms with E-state index >= 15 is 0 Å². The fourth-order valence-corrected chi connectivity index (χ4v) is 0.172. The van der Waals surface area contributed by atoms with Gasteiger partial charge in [-0.25, -0.2) is 10.2 Å². The van der Waals surface area contributed by atoms with Gasteiger partial charge in [0.25, 0.3) is 0 Å². The van der Waals surface area contributed by atoms with Crippen LogP contribution in [0.15, 0.2) is 0 Å². The number of hydrazine groups is 1.